The van der Waals surface area contributed by atoms with Gasteiger partial charge in [-0.2, -0.15) is 5.10 Å². The number of carbonyl (C=O) groups is 2. The van der Waals surface area contributed by atoms with Gasteiger partial charge in [-0.1, -0.05) is 0 Å². The number of hydrogen-bond donors (Lipinski definition) is 0. The van der Waals surface area contributed by atoms with Crippen molar-refractivity contribution in [1.82, 2.24) is 19.6 Å². The zero-order valence-corrected chi connectivity index (χ0v) is 15.4. The smallest absolute Gasteiger partial charge is 0.248 e. The van der Waals surface area contributed by atoms with E-state index in [1.165, 1.54) is 7.11 Å². The second kappa shape index (κ2) is 7.56. The highest BCUT2D eigenvalue weighted by Crippen LogP contribution is 2.27. The number of likely N-dealkylation sites (tertiary alicyclic amines) is 2. The van der Waals surface area contributed by atoms with Crippen LogP contribution in [0.2, 0.25) is 0 Å². The second-order valence-corrected chi connectivity index (χ2v) is 7.19. The van der Waals surface area contributed by atoms with E-state index in [2.05, 4.69) is 22.8 Å². The molecule has 2 aliphatic rings. The van der Waals surface area contributed by atoms with Crippen molar-refractivity contribution in [1.29, 1.82) is 0 Å². The minimum absolute atomic E-state index is 0.0131. The molecule has 0 radical (unpaired) electrons. The van der Waals surface area contributed by atoms with E-state index in [1.54, 1.807) is 4.90 Å². The molecule has 1 aromatic rings. The summed E-state index contributed by atoms with van der Waals surface area (Å²) in [5.41, 5.74) is 2.18. The molecule has 1 aromatic heterocycles. The summed E-state index contributed by atoms with van der Waals surface area (Å²) in [6.07, 6.45) is 2.45. The summed E-state index contributed by atoms with van der Waals surface area (Å²) in [6.45, 7) is 7.02. The first kappa shape index (κ1) is 17.9. The van der Waals surface area contributed by atoms with Crippen LogP contribution in [0.4, 0.5) is 0 Å². The van der Waals surface area contributed by atoms with Crippen LogP contribution in [0.5, 0.6) is 0 Å². The summed E-state index contributed by atoms with van der Waals surface area (Å²) >= 11 is 0. The third-order valence-electron chi connectivity index (χ3n) is 5.33. The molecule has 2 saturated heterocycles. The number of piperidine rings is 1. The lowest BCUT2D eigenvalue weighted by Gasteiger charge is -2.33. The van der Waals surface area contributed by atoms with E-state index >= 15 is 0 Å². The van der Waals surface area contributed by atoms with Crippen LogP contribution in [-0.2, 0) is 14.3 Å². The van der Waals surface area contributed by atoms with Gasteiger partial charge < -0.3 is 14.5 Å². The van der Waals surface area contributed by atoms with Crippen molar-refractivity contribution in [3.8, 4) is 0 Å². The van der Waals surface area contributed by atoms with E-state index in [0.29, 0.717) is 13.1 Å². The highest BCUT2D eigenvalue weighted by molar-refractivity contribution is 5.80. The average Bonchev–Trinajstić information content (AvgIpc) is 3.21. The average molecular weight is 348 g/mol. The zero-order valence-electron chi connectivity index (χ0n) is 15.4. The van der Waals surface area contributed by atoms with Crippen LogP contribution in [0, 0.1) is 19.8 Å². The van der Waals surface area contributed by atoms with Crippen molar-refractivity contribution >= 4 is 11.8 Å². The standard InChI is InChI=1S/C18H28N4O3/c1-13-10-14(2)22(19-13)16-6-9-21(11-16)18(24)15-4-7-20(8-5-15)17(23)12-25-3/h10,15-16H,4-9,11-12H2,1-3H3/t16-/m0/s1. The van der Waals surface area contributed by atoms with E-state index < -0.39 is 0 Å². The van der Waals surface area contributed by atoms with E-state index in [0.717, 1.165) is 43.7 Å². The summed E-state index contributed by atoms with van der Waals surface area (Å²) in [5, 5.41) is 4.57. The fourth-order valence-electron chi connectivity index (χ4n) is 4.01. The van der Waals surface area contributed by atoms with Crippen molar-refractivity contribution in [3.05, 3.63) is 17.5 Å². The van der Waals surface area contributed by atoms with Gasteiger partial charge in [-0.15, -0.1) is 0 Å². The van der Waals surface area contributed by atoms with E-state index in [4.69, 9.17) is 4.74 Å². The predicted octanol–water partition coefficient (Wildman–Crippen LogP) is 1.16. The molecule has 0 N–H and O–H groups in total. The monoisotopic (exact) mass is 348 g/mol. The zero-order chi connectivity index (χ0) is 18.0. The Balaban J connectivity index is 1.53. The maximum atomic E-state index is 12.8. The molecule has 3 rings (SSSR count). The molecular formula is C18H28N4O3. The minimum Gasteiger partial charge on any atom is -0.375 e. The van der Waals surface area contributed by atoms with Crippen LogP contribution >= 0.6 is 0 Å². The van der Waals surface area contributed by atoms with Crippen molar-refractivity contribution < 1.29 is 14.3 Å². The molecule has 0 saturated carbocycles. The first-order valence-corrected chi connectivity index (χ1v) is 9.08. The number of methoxy groups -OCH3 is 1. The second-order valence-electron chi connectivity index (χ2n) is 7.19. The van der Waals surface area contributed by atoms with Gasteiger partial charge in [0.1, 0.15) is 6.61 Å². The molecule has 2 amide bonds. The number of aromatic nitrogens is 2. The molecule has 138 valence electrons. The Kier molecular flexibility index (Phi) is 5.42. The van der Waals surface area contributed by atoms with Crippen LogP contribution in [0.15, 0.2) is 6.07 Å². The Hall–Kier alpha value is -1.89. The lowest BCUT2D eigenvalue weighted by molar-refractivity contribution is -0.141. The third-order valence-corrected chi connectivity index (χ3v) is 5.33. The number of amides is 2. The van der Waals surface area contributed by atoms with Crippen molar-refractivity contribution in [2.45, 2.75) is 39.2 Å². The number of carbonyl (C=O) groups excluding carboxylic acids is 2. The fourth-order valence-corrected chi connectivity index (χ4v) is 4.01. The number of aryl methyl sites for hydroxylation is 2. The maximum absolute atomic E-state index is 12.8. The number of hydrogen-bond acceptors (Lipinski definition) is 4. The van der Waals surface area contributed by atoms with Crippen LogP contribution in [0.3, 0.4) is 0 Å². The largest absolute Gasteiger partial charge is 0.375 e. The first-order valence-electron chi connectivity index (χ1n) is 9.08. The minimum atomic E-state index is 0.0131. The van der Waals surface area contributed by atoms with Gasteiger partial charge in [0.2, 0.25) is 11.8 Å². The predicted molar refractivity (Wildman–Crippen MR) is 93.1 cm³/mol. The quantitative estimate of drug-likeness (QED) is 0.819. The molecule has 0 spiro atoms. The van der Waals surface area contributed by atoms with Gasteiger partial charge in [-0.25, -0.2) is 0 Å². The molecule has 2 aliphatic heterocycles. The number of nitrogens with zero attached hydrogens (tertiary/aromatic N) is 4. The van der Waals surface area contributed by atoms with Crippen LogP contribution < -0.4 is 0 Å². The molecule has 0 aromatic carbocycles. The lowest BCUT2D eigenvalue weighted by atomic mass is 9.95. The van der Waals surface area contributed by atoms with E-state index in [-0.39, 0.29) is 30.4 Å². The fraction of sp³-hybridized carbons (Fsp3) is 0.722. The summed E-state index contributed by atoms with van der Waals surface area (Å²) in [7, 11) is 1.53. The Bertz CT molecular complexity index is 634. The van der Waals surface area contributed by atoms with Gasteiger partial charge in [-0.05, 0) is 39.2 Å². The third kappa shape index (κ3) is 3.86. The van der Waals surface area contributed by atoms with Gasteiger partial charge in [0.15, 0.2) is 0 Å². The van der Waals surface area contributed by atoms with Gasteiger partial charge in [0, 0.05) is 44.9 Å². The maximum Gasteiger partial charge on any atom is 0.248 e. The van der Waals surface area contributed by atoms with Gasteiger partial charge >= 0.3 is 0 Å². The van der Waals surface area contributed by atoms with E-state index in [1.807, 2.05) is 11.8 Å². The molecule has 7 nitrogen and oxygen atoms in total. The molecule has 1 atom stereocenters. The highest BCUT2D eigenvalue weighted by atomic mass is 16.5. The van der Waals surface area contributed by atoms with E-state index in [9.17, 15) is 9.59 Å². The van der Waals surface area contributed by atoms with Gasteiger partial charge in [-0.3, -0.25) is 14.3 Å². The van der Waals surface area contributed by atoms with Crippen LogP contribution in [0.25, 0.3) is 0 Å². The molecular weight excluding hydrogens is 320 g/mol. The van der Waals surface area contributed by atoms with Crippen molar-refractivity contribution in [2.24, 2.45) is 5.92 Å². The molecule has 0 unspecified atom stereocenters. The molecule has 3 heterocycles. The molecule has 0 bridgehead atoms. The summed E-state index contributed by atoms with van der Waals surface area (Å²) < 4.78 is 6.97. The Morgan fingerprint density at radius 2 is 1.84 bits per heavy atom. The highest BCUT2D eigenvalue weighted by Gasteiger charge is 2.34. The summed E-state index contributed by atoms with van der Waals surface area (Å²) in [6, 6.07) is 2.36. The first-order chi connectivity index (χ1) is 12.0. The lowest BCUT2D eigenvalue weighted by Crippen LogP contribution is -2.44. The number of ether oxygens (including phenoxy) is 1. The molecule has 2 fully saturated rings. The van der Waals surface area contributed by atoms with Gasteiger partial charge in [0.05, 0.1) is 11.7 Å². The molecule has 0 aliphatic carbocycles. The molecule has 25 heavy (non-hydrogen) atoms. The summed E-state index contributed by atoms with van der Waals surface area (Å²) in [4.78, 5) is 28.5. The SMILES string of the molecule is COCC(=O)N1CCC(C(=O)N2CC[C@H](n3nc(C)cc3C)C2)CC1. The van der Waals surface area contributed by atoms with Gasteiger partial charge in [0.25, 0.3) is 0 Å². The van der Waals surface area contributed by atoms with Crippen LogP contribution in [0.1, 0.15) is 36.7 Å². The van der Waals surface area contributed by atoms with Crippen molar-refractivity contribution in [2.75, 3.05) is 39.9 Å². The van der Waals surface area contributed by atoms with Crippen molar-refractivity contribution in [3.63, 3.8) is 0 Å². The number of rotatable bonds is 4. The topological polar surface area (TPSA) is 67.7 Å². The summed E-state index contributed by atoms with van der Waals surface area (Å²) in [5.74, 6) is 0.285. The molecule has 7 heteroatoms. The Morgan fingerprint density at radius 1 is 1.16 bits per heavy atom. The Morgan fingerprint density at radius 3 is 2.44 bits per heavy atom. The van der Waals surface area contributed by atoms with Crippen LogP contribution in [-0.4, -0.2) is 71.3 Å². The Labute approximate surface area is 148 Å². The normalized spacial score (nSPS) is 21.8.